The van der Waals surface area contributed by atoms with Crippen molar-refractivity contribution in [2.24, 2.45) is 0 Å². The first-order chi connectivity index (χ1) is 12.9. The van der Waals surface area contributed by atoms with E-state index >= 15 is 0 Å². The fourth-order valence-electron chi connectivity index (χ4n) is 2.25. The van der Waals surface area contributed by atoms with Crippen LogP contribution in [0.25, 0.3) is 0 Å². The van der Waals surface area contributed by atoms with Crippen LogP contribution < -0.4 is 10.5 Å². The molecule has 0 spiro atoms. The first-order valence-electron chi connectivity index (χ1n) is 8.21. The summed E-state index contributed by atoms with van der Waals surface area (Å²) in [5.41, 5.74) is 8.31. The lowest BCUT2D eigenvalue weighted by Crippen LogP contribution is -2.16. The van der Waals surface area contributed by atoms with Crippen molar-refractivity contribution < 1.29 is 23.8 Å². The largest absolute Gasteiger partial charge is 0.482 e. The number of nitriles is 1. The number of ether oxygens (including phenoxy) is 3. The molecule has 1 heterocycles. The van der Waals surface area contributed by atoms with Crippen molar-refractivity contribution in [3.05, 3.63) is 45.3 Å². The lowest BCUT2D eigenvalue weighted by atomic mass is 10.1. The van der Waals surface area contributed by atoms with Crippen molar-refractivity contribution in [3.63, 3.8) is 0 Å². The van der Waals surface area contributed by atoms with Gasteiger partial charge >= 0.3 is 11.9 Å². The Morgan fingerprint density at radius 1 is 1.22 bits per heavy atom. The minimum Gasteiger partial charge on any atom is -0.482 e. The standard InChI is InChI=1S/C19H20N2O5S/c1-4-24-19(23)17-15(14(8-20)18(21)27-17)9-26-16(22)10-25-13-6-5-11(2)12(3)7-13/h5-7H,4,9-10,21H2,1-3H3. The number of benzene rings is 1. The fraction of sp³-hybridized carbons (Fsp3) is 0.316. The van der Waals surface area contributed by atoms with Crippen molar-refractivity contribution in [1.82, 2.24) is 0 Å². The van der Waals surface area contributed by atoms with Gasteiger partial charge in [0.25, 0.3) is 0 Å². The van der Waals surface area contributed by atoms with Crippen LogP contribution in [0.1, 0.15) is 38.8 Å². The number of anilines is 1. The van der Waals surface area contributed by atoms with Crippen molar-refractivity contribution >= 4 is 28.3 Å². The molecule has 2 N–H and O–H groups in total. The predicted molar refractivity (Wildman–Crippen MR) is 101 cm³/mol. The monoisotopic (exact) mass is 388 g/mol. The van der Waals surface area contributed by atoms with E-state index in [1.54, 1.807) is 13.0 Å². The maximum Gasteiger partial charge on any atom is 0.348 e. The Morgan fingerprint density at radius 3 is 2.59 bits per heavy atom. The van der Waals surface area contributed by atoms with Crippen LogP contribution in [0.15, 0.2) is 18.2 Å². The molecule has 0 aliphatic carbocycles. The number of hydrogen-bond donors (Lipinski definition) is 1. The molecular formula is C19H20N2O5S. The second kappa shape index (κ2) is 9.05. The van der Waals surface area contributed by atoms with Crippen LogP contribution in [0.4, 0.5) is 5.00 Å². The van der Waals surface area contributed by atoms with Crippen LogP contribution in [0, 0.1) is 25.2 Å². The molecule has 1 aromatic heterocycles. The highest BCUT2D eigenvalue weighted by Crippen LogP contribution is 2.31. The van der Waals surface area contributed by atoms with Gasteiger partial charge in [-0.05, 0) is 44.0 Å². The van der Waals surface area contributed by atoms with Crippen LogP contribution in [-0.4, -0.2) is 25.2 Å². The normalized spacial score (nSPS) is 10.1. The summed E-state index contributed by atoms with van der Waals surface area (Å²) in [5, 5.41) is 9.43. The summed E-state index contributed by atoms with van der Waals surface area (Å²) in [6.07, 6.45) is 0. The van der Waals surface area contributed by atoms with Crippen LogP contribution in [0.3, 0.4) is 0 Å². The zero-order valence-corrected chi connectivity index (χ0v) is 16.1. The van der Waals surface area contributed by atoms with Gasteiger partial charge in [0.15, 0.2) is 6.61 Å². The highest BCUT2D eigenvalue weighted by Gasteiger charge is 2.24. The number of esters is 2. The van der Waals surface area contributed by atoms with E-state index in [0.29, 0.717) is 5.75 Å². The summed E-state index contributed by atoms with van der Waals surface area (Å²) in [6, 6.07) is 7.42. The van der Waals surface area contributed by atoms with Gasteiger partial charge in [0.1, 0.15) is 28.3 Å². The van der Waals surface area contributed by atoms with E-state index in [-0.39, 0.29) is 40.8 Å². The zero-order valence-electron chi connectivity index (χ0n) is 15.3. The molecule has 1 aromatic carbocycles. The second-order valence-electron chi connectivity index (χ2n) is 5.68. The summed E-state index contributed by atoms with van der Waals surface area (Å²) in [6.45, 7) is 5.22. The molecule has 0 saturated heterocycles. The molecule has 0 atom stereocenters. The SMILES string of the molecule is CCOC(=O)c1sc(N)c(C#N)c1COC(=O)COc1ccc(C)c(C)c1. The van der Waals surface area contributed by atoms with Gasteiger partial charge in [0.2, 0.25) is 0 Å². The molecule has 7 nitrogen and oxygen atoms in total. The van der Waals surface area contributed by atoms with Gasteiger partial charge in [-0.3, -0.25) is 0 Å². The Morgan fingerprint density at radius 2 is 1.96 bits per heavy atom. The van der Waals surface area contributed by atoms with E-state index in [9.17, 15) is 14.9 Å². The maximum atomic E-state index is 12.0. The van der Waals surface area contributed by atoms with E-state index < -0.39 is 11.9 Å². The van der Waals surface area contributed by atoms with Gasteiger partial charge < -0.3 is 19.9 Å². The van der Waals surface area contributed by atoms with E-state index in [4.69, 9.17) is 19.9 Å². The number of hydrogen-bond acceptors (Lipinski definition) is 8. The van der Waals surface area contributed by atoms with Crippen LogP contribution >= 0.6 is 11.3 Å². The molecule has 2 aromatic rings. The number of thiophene rings is 1. The average molecular weight is 388 g/mol. The minimum atomic E-state index is -0.628. The van der Waals surface area contributed by atoms with Gasteiger partial charge in [0, 0.05) is 5.56 Å². The van der Waals surface area contributed by atoms with Crippen LogP contribution in [0.2, 0.25) is 0 Å². The predicted octanol–water partition coefficient (Wildman–Crippen LogP) is 3.12. The highest BCUT2D eigenvalue weighted by molar-refractivity contribution is 7.18. The van der Waals surface area contributed by atoms with E-state index in [1.165, 1.54) is 0 Å². The fourth-order valence-corrected chi connectivity index (χ4v) is 3.16. The Hall–Kier alpha value is -3.05. The molecule has 0 amide bonds. The molecule has 8 heteroatoms. The Balaban J connectivity index is 2.02. The summed E-state index contributed by atoms with van der Waals surface area (Å²) in [4.78, 5) is 24.2. The Labute approximate surface area is 161 Å². The van der Waals surface area contributed by atoms with Crippen molar-refractivity contribution in [1.29, 1.82) is 5.26 Å². The lowest BCUT2D eigenvalue weighted by molar-refractivity contribution is -0.147. The molecule has 0 aliphatic heterocycles. The minimum absolute atomic E-state index is 0.117. The number of rotatable bonds is 7. The number of nitrogen functional groups attached to an aromatic ring is 1. The van der Waals surface area contributed by atoms with Crippen LogP contribution in [0.5, 0.6) is 5.75 Å². The van der Waals surface area contributed by atoms with Crippen molar-refractivity contribution in [3.8, 4) is 11.8 Å². The van der Waals surface area contributed by atoms with Crippen molar-refractivity contribution in [2.45, 2.75) is 27.4 Å². The molecule has 0 unspecified atom stereocenters. The van der Waals surface area contributed by atoms with Crippen LogP contribution in [-0.2, 0) is 20.9 Å². The number of nitrogens with zero attached hydrogens (tertiary/aromatic N) is 1. The quantitative estimate of drug-likeness (QED) is 0.725. The summed E-state index contributed by atoms with van der Waals surface area (Å²) in [7, 11) is 0. The third-order valence-corrected chi connectivity index (χ3v) is 4.86. The molecule has 142 valence electrons. The molecule has 0 radical (unpaired) electrons. The molecular weight excluding hydrogens is 368 g/mol. The van der Waals surface area contributed by atoms with Gasteiger partial charge in [-0.2, -0.15) is 5.26 Å². The molecule has 2 rings (SSSR count). The third-order valence-electron chi connectivity index (χ3n) is 3.82. The zero-order chi connectivity index (χ0) is 20.0. The number of aryl methyl sites for hydroxylation is 2. The van der Waals surface area contributed by atoms with E-state index in [1.807, 2.05) is 32.0 Å². The summed E-state index contributed by atoms with van der Waals surface area (Å²) in [5.74, 6) is -0.676. The second-order valence-corrected chi connectivity index (χ2v) is 6.73. The van der Waals surface area contributed by atoms with Gasteiger partial charge in [-0.25, -0.2) is 9.59 Å². The first kappa shape index (κ1) is 20.3. The number of carbonyl (C=O) groups excluding carboxylic acids is 2. The summed E-state index contributed by atoms with van der Waals surface area (Å²) < 4.78 is 15.5. The van der Waals surface area contributed by atoms with E-state index in [2.05, 4.69) is 0 Å². The van der Waals surface area contributed by atoms with Gasteiger partial charge in [0.05, 0.1) is 12.2 Å². The lowest BCUT2D eigenvalue weighted by Gasteiger charge is -2.09. The first-order valence-corrected chi connectivity index (χ1v) is 9.03. The average Bonchev–Trinajstić information content (AvgIpc) is 2.96. The third kappa shape index (κ3) is 4.99. The highest BCUT2D eigenvalue weighted by atomic mass is 32.1. The molecule has 27 heavy (non-hydrogen) atoms. The Bertz CT molecular complexity index is 898. The number of nitrogens with two attached hydrogens (primary N) is 1. The topological polar surface area (TPSA) is 112 Å². The van der Waals surface area contributed by atoms with E-state index in [0.717, 1.165) is 22.5 Å². The number of carbonyl (C=O) groups is 2. The molecule has 0 bridgehead atoms. The molecule has 0 saturated carbocycles. The molecule has 0 fully saturated rings. The van der Waals surface area contributed by atoms with Gasteiger partial charge in [-0.15, -0.1) is 11.3 Å². The van der Waals surface area contributed by atoms with Gasteiger partial charge in [-0.1, -0.05) is 6.07 Å². The smallest absolute Gasteiger partial charge is 0.348 e. The molecule has 0 aliphatic rings. The summed E-state index contributed by atoms with van der Waals surface area (Å²) >= 11 is 0.937. The van der Waals surface area contributed by atoms with Crippen molar-refractivity contribution in [2.75, 3.05) is 18.9 Å². The Kier molecular flexibility index (Phi) is 6.79. The maximum absolute atomic E-state index is 12.0.